The average Bonchev–Trinajstić information content (AvgIpc) is 3.08. The zero-order chi connectivity index (χ0) is 18.0. The topological polar surface area (TPSA) is 91.7 Å². The van der Waals surface area contributed by atoms with Crippen molar-refractivity contribution in [2.24, 2.45) is 0 Å². The van der Waals surface area contributed by atoms with E-state index in [1.165, 1.54) is 18.3 Å². The molecule has 8 nitrogen and oxygen atoms in total. The number of anilines is 1. The monoisotopic (exact) mass is 379 g/mol. The Morgan fingerprint density at radius 3 is 2.81 bits per heavy atom. The highest BCUT2D eigenvalue weighted by Gasteiger charge is 2.20. The van der Waals surface area contributed by atoms with Crippen LogP contribution in [0, 0.1) is 0 Å². The lowest BCUT2D eigenvalue weighted by atomic mass is 10.1. The van der Waals surface area contributed by atoms with Crippen LogP contribution >= 0.6 is 0 Å². The van der Waals surface area contributed by atoms with Crippen LogP contribution in [0.2, 0.25) is 0 Å². The van der Waals surface area contributed by atoms with Gasteiger partial charge in [0.15, 0.2) is 11.5 Å². The number of aromatic nitrogens is 2. The van der Waals surface area contributed by atoms with Crippen LogP contribution < -0.4 is 14.2 Å². The van der Waals surface area contributed by atoms with Crippen molar-refractivity contribution < 1.29 is 22.6 Å². The van der Waals surface area contributed by atoms with E-state index in [-0.39, 0.29) is 11.0 Å². The number of rotatable bonds is 5. The molecule has 4 rings (SSSR count). The number of nitrogens with one attached hydrogen (secondary N) is 1. The summed E-state index contributed by atoms with van der Waals surface area (Å²) in [6, 6.07) is 4.57. The molecule has 0 radical (unpaired) electrons. The van der Waals surface area contributed by atoms with E-state index in [2.05, 4.69) is 9.82 Å². The smallest absolute Gasteiger partial charge is 0.262 e. The predicted octanol–water partition coefficient (Wildman–Crippen LogP) is 2.02. The zero-order valence-corrected chi connectivity index (χ0v) is 15.1. The van der Waals surface area contributed by atoms with Crippen LogP contribution in [0.1, 0.15) is 19.3 Å². The van der Waals surface area contributed by atoms with Crippen LogP contribution in [-0.2, 0) is 21.3 Å². The van der Waals surface area contributed by atoms with Crippen molar-refractivity contribution in [1.82, 2.24) is 9.78 Å². The van der Waals surface area contributed by atoms with Gasteiger partial charge in [0.1, 0.15) is 13.2 Å². The minimum Gasteiger partial charge on any atom is -0.486 e. The number of nitrogens with zero attached hydrogens (tertiary/aromatic N) is 2. The number of hydrogen-bond donors (Lipinski definition) is 1. The summed E-state index contributed by atoms with van der Waals surface area (Å²) in [7, 11) is -3.74. The first kappa shape index (κ1) is 17.2. The van der Waals surface area contributed by atoms with Crippen molar-refractivity contribution in [3.8, 4) is 11.5 Å². The molecule has 1 saturated heterocycles. The van der Waals surface area contributed by atoms with E-state index < -0.39 is 10.0 Å². The summed E-state index contributed by atoms with van der Waals surface area (Å²) >= 11 is 0. The van der Waals surface area contributed by atoms with Crippen LogP contribution in [-0.4, -0.2) is 44.1 Å². The Hall–Kier alpha value is -2.26. The summed E-state index contributed by atoms with van der Waals surface area (Å²) in [5, 5.41) is 4.22. The SMILES string of the molecule is O=S(=O)(Nc1cnn(CC2CCCCO2)c1)c1ccc2c(c1)OCCO2. The molecular weight excluding hydrogens is 358 g/mol. The van der Waals surface area contributed by atoms with Gasteiger partial charge in [0.2, 0.25) is 0 Å². The van der Waals surface area contributed by atoms with Crippen LogP contribution in [0.3, 0.4) is 0 Å². The van der Waals surface area contributed by atoms with Gasteiger partial charge in [-0.05, 0) is 31.4 Å². The summed E-state index contributed by atoms with van der Waals surface area (Å²) < 4.78 is 46.1. The summed E-state index contributed by atoms with van der Waals surface area (Å²) in [5.41, 5.74) is 0.413. The summed E-state index contributed by atoms with van der Waals surface area (Å²) in [6.07, 6.45) is 6.54. The van der Waals surface area contributed by atoms with E-state index >= 15 is 0 Å². The van der Waals surface area contributed by atoms with E-state index in [4.69, 9.17) is 14.2 Å². The van der Waals surface area contributed by atoms with Gasteiger partial charge in [-0.1, -0.05) is 0 Å². The quantitative estimate of drug-likeness (QED) is 0.855. The van der Waals surface area contributed by atoms with Gasteiger partial charge in [0.25, 0.3) is 10.0 Å². The van der Waals surface area contributed by atoms with Gasteiger partial charge in [-0.25, -0.2) is 8.42 Å². The molecule has 140 valence electrons. The molecular formula is C17H21N3O5S. The molecule has 0 spiro atoms. The third-order valence-electron chi connectivity index (χ3n) is 4.37. The lowest BCUT2D eigenvalue weighted by molar-refractivity contribution is 0.00401. The Morgan fingerprint density at radius 1 is 1.15 bits per heavy atom. The Balaban J connectivity index is 1.46. The molecule has 0 amide bonds. The van der Waals surface area contributed by atoms with Gasteiger partial charge in [0, 0.05) is 18.9 Å². The van der Waals surface area contributed by atoms with Crippen LogP contribution in [0.15, 0.2) is 35.5 Å². The molecule has 26 heavy (non-hydrogen) atoms. The fraction of sp³-hybridized carbons (Fsp3) is 0.471. The molecule has 3 heterocycles. The van der Waals surface area contributed by atoms with E-state index in [1.807, 2.05) is 0 Å². The summed E-state index contributed by atoms with van der Waals surface area (Å²) in [6.45, 7) is 2.25. The maximum atomic E-state index is 12.6. The van der Waals surface area contributed by atoms with Gasteiger partial charge in [-0.15, -0.1) is 0 Å². The average molecular weight is 379 g/mol. The molecule has 1 atom stereocenters. The maximum Gasteiger partial charge on any atom is 0.262 e. The van der Waals surface area contributed by atoms with Crippen molar-refractivity contribution in [2.75, 3.05) is 24.5 Å². The van der Waals surface area contributed by atoms with E-state index in [1.54, 1.807) is 16.9 Å². The highest BCUT2D eigenvalue weighted by atomic mass is 32.2. The highest BCUT2D eigenvalue weighted by molar-refractivity contribution is 7.92. The van der Waals surface area contributed by atoms with Crippen molar-refractivity contribution in [2.45, 2.75) is 36.8 Å². The van der Waals surface area contributed by atoms with Gasteiger partial charge in [-0.2, -0.15) is 5.10 Å². The van der Waals surface area contributed by atoms with Crippen molar-refractivity contribution in [1.29, 1.82) is 0 Å². The first-order valence-electron chi connectivity index (χ1n) is 8.67. The van der Waals surface area contributed by atoms with Gasteiger partial charge in [-0.3, -0.25) is 9.40 Å². The molecule has 2 aliphatic heterocycles. The van der Waals surface area contributed by atoms with Gasteiger partial charge in [0.05, 0.1) is 29.4 Å². The molecule has 2 aliphatic rings. The van der Waals surface area contributed by atoms with Crippen LogP contribution in [0.5, 0.6) is 11.5 Å². The Morgan fingerprint density at radius 2 is 2.00 bits per heavy atom. The second kappa shape index (κ2) is 7.16. The highest BCUT2D eigenvalue weighted by Crippen LogP contribution is 2.32. The second-order valence-electron chi connectivity index (χ2n) is 6.35. The molecule has 1 aromatic heterocycles. The third kappa shape index (κ3) is 3.78. The molecule has 1 N–H and O–H groups in total. The Kier molecular flexibility index (Phi) is 4.73. The fourth-order valence-corrected chi connectivity index (χ4v) is 4.12. The molecule has 0 saturated carbocycles. The molecule has 0 aliphatic carbocycles. The van der Waals surface area contributed by atoms with E-state index in [0.29, 0.717) is 36.9 Å². The minimum atomic E-state index is -3.74. The standard InChI is InChI=1S/C17H21N3O5S/c21-26(22,15-4-5-16-17(9-15)25-8-7-24-16)19-13-10-18-20(11-13)12-14-3-1-2-6-23-14/h4-5,9-11,14,19H,1-3,6-8,12H2. The molecule has 0 bridgehead atoms. The maximum absolute atomic E-state index is 12.6. The molecule has 1 fully saturated rings. The number of sulfonamides is 1. The molecule has 1 unspecified atom stereocenters. The van der Waals surface area contributed by atoms with Crippen molar-refractivity contribution >= 4 is 15.7 Å². The summed E-state index contributed by atoms with van der Waals surface area (Å²) in [4.78, 5) is 0.116. The van der Waals surface area contributed by atoms with Crippen LogP contribution in [0.4, 0.5) is 5.69 Å². The number of hydrogen-bond acceptors (Lipinski definition) is 6. The number of benzene rings is 1. The number of ether oxygens (including phenoxy) is 3. The molecule has 9 heteroatoms. The van der Waals surface area contributed by atoms with Crippen molar-refractivity contribution in [3.63, 3.8) is 0 Å². The largest absolute Gasteiger partial charge is 0.486 e. The minimum absolute atomic E-state index is 0.116. The second-order valence-corrected chi connectivity index (χ2v) is 8.03. The van der Waals surface area contributed by atoms with Gasteiger partial charge >= 0.3 is 0 Å². The fourth-order valence-electron chi connectivity index (χ4n) is 3.08. The summed E-state index contributed by atoms with van der Waals surface area (Å²) in [5.74, 6) is 0.986. The zero-order valence-electron chi connectivity index (χ0n) is 14.3. The molecule has 1 aromatic carbocycles. The van der Waals surface area contributed by atoms with E-state index in [0.717, 1.165) is 25.9 Å². The number of fused-ring (bicyclic) bond motifs is 1. The normalized spacial score (nSPS) is 19.9. The molecule has 2 aromatic rings. The first-order chi connectivity index (χ1) is 12.6. The van der Waals surface area contributed by atoms with Crippen LogP contribution in [0.25, 0.3) is 0 Å². The lowest BCUT2D eigenvalue weighted by Gasteiger charge is -2.22. The Bertz CT molecular complexity index is 874. The predicted molar refractivity (Wildman–Crippen MR) is 94.1 cm³/mol. The third-order valence-corrected chi connectivity index (χ3v) is 5.75. The van der Waals surface area contributed by atoms with Crippen molar-refractivity contribution in [3.05, 3.63) is 30.6 Å². The Labute approximate surface area is 152 Å². The van der Waals surface area contributed by atoms with Gasteiger partial charge < -0.3 is 14.2 Å². The lowest BCUT2D eigenvalue weighted by Crippen LogP contribution is -2.24. The first-order valence-corrected chi connectivity index (χ1v) is 10.1. The van der Waals surface area contributed by atoms with E-state index in [9.17, 15) is 8.42 Å².